The van der Waals surface area contributed by atoms with Crippen LogP contribution in [0.5, 0.6) is 0 Å². The molecule has 4 nitrogen and oxygen atoms in total. The lowest BCUT2D eigenvalue weighted by atomic mass is 10.1. The molecule has 1 rings (SSSR count). The summed E-state index contributed by atoms with van der Waals surface area (Å²) in [5, 5.41) is 18.1. The van der Waals surface area contributed by atoms with E-state index in [0.29, 0.717) is 0 Å². The molecular weight excluding hydrogens is 182 g/mol. The van der Waals surface area contributed by atoms with Crippen molar-refractivity contribution in [3.05, 3.63) is 23.0 Å². The highest BCUT2D eigenvalue weighted by Gasteiger charge is 2.13. The molecular formula is C10H15NO3. The third-order valence-electron chi connectivity index (χ3n) is 2.15. The fourth-order valence-corrected chi connectivity index (χ4v) is 1.50. The number of hydrogen-bond donors (Lipinski definition) is 3. The van der Waals surface area contributed by atoms with Gasteiger partial charge in [0.2, 0.25) is 0 Å². The van der Waals surface area contributed by atoms with Crippen molar-refractivity contribution in [2.75, 3.05) is 0 Å². The van der Waals surface area contributed by atoms with Crippen LogP contribution in [0.1, 0.15) is 35.9 Å². The number of carboxylic acid groups (broad SMARTS) is 1. The van der Waals surface area contributed by atoms with Gasteiger partial charge in [-0.1, -0.05) is 0 Å². The van der Waals surface area contributed by atoms with E-state index in [9.17, 15) is 9.90 Å². The molecule has 1 unspecified atom stereocenters. The lowest BCUT2D eigenvalue weighted by Crippen LogP contribution is -2.04. The second-order valence-corrected chi connectivity index (χ2v) is 3.50. The minimum atomic E-state index is -0.884. The van der Waals surface area contributed by atoms with Gasteiger partial charge in [0.15, 0.2) is 0 Å². The Bertz CT molecular complexity index is 330. The minimum Gasteiger partial charge on any atom is -0.481 e. The summed E-state index contributed by atoms with van der Waals surface area (Å²) in [6, 6.07) is 1.93. The van der Waals surface area contributed by atoms with Crippen LogP contribution in [0.3, 0.4) is 0 Å². The van der Waals surface area contributed by atoms with E-state index < -0.39 is 12.1 Å². The molecule has 1 heterocycles. The Morgan fingerprint density at radius 3 is 2.64 bits per heavy atom. The Morgan fingerprint density at radius 1 is 1.57 bits per heavy atom. The van der Waals surface area contributed by atoms with Gasteiger partial charge in [0.1, 0.15) is 0 Å². The molecule has 0 aliphatic rings. The van der Waals surface area contributed by atoms with Crippen molar-refractivity contribution in [3.8, 4) is 0 Å². The predicted molar refractivity (Wildman–Crippen MR) is 52.1 cm³/mol. The first-order chi connectivity index (χ1) is 6.50. The number of nitrogens with one attached hydrogen (secondary N) is 1. The van der Waals surface area contributed by atoms with E-state index in [2.05, 4.69) is 4.98 Å². The third kappa shape index (κ3) is 2.60. The maximum absolute atomic E-state index is 10.3. The van der Waals surface area contributed by atoms with Crippen molar-refractivity contribution >= 4 is 5.97 Å². The first-order valence-electron chi connectivity index (χ1n) is 4.56. The maximum atomic E-state index is 10.3. The van der Waals surface area contributed by atoms with Crippen LogP contribution in [0.2, 0.25) is 0 Å². The second kappa shape index (κ2) is 4.28. The maximum Gasteiger partial charge on any atom is 0.303 e. The Morgan fingerprint density at radius 2 is 2.21 bits per heavy atom. The van der Waals surface area contributed by atoms with Crippen LogP contribution in [0.4, 0.5) is 0 Å². The summed E-state index contributed by atoms with van der Waals surface area (Å²) in [7, 11) is 0. The lowest BCUT2D eigenvalue weighted by molar-refractivity contribution is -0.137. The van der Waals surface area contributed by atoms with Crippen LogP contribution < -0.4 is 0 Å². The van der Waals surface area contributed by atoms with Gasteiger partial charge in [0.05, 0.1) is 6.10 Å². The molecule has 0 bridgehead atoms. The SMILES string of the molecule is Cc1cc(C)c(C(O)CCC(=O)O)[nH]1. The van der Waals surface area contributed by atoms with Crippen LogP contribution in [0, 0.1) is 13.8 Å². The van der Waals surface area contributed by atoms with E-state index in [1.54, 1.807) is 0 Å². The van der Waals surface area contributed by atoms with E-state index >= 15 is 0 Å². The van der Waals surface area contributed by atoms with Gasteiger partial charge in [-0.3, -0.25) is 4.79 Å². The highest BCUT2D eigenvalue weighted by molar-refractivity contribution is 5.66. The number of carbonyl (C=O) groups is 1. The van der Waals surface area contributed by atoms with Gasteiger partial charge < -0.3 is 15.2 Å². The minimum absolute atomic E-state index is 0.0152. The number of aromatic nitrogens is 1. The molecule has 0 aliphatic carbocycles. The highest BCUT2D eigenvalue weighted by Crippen LogP contribution is 2.21. The van der Waals surface area contributed by atoms with Crippen molar-refractivity contribution in [1.82, 2.24) is 4.98 Å². The van der Waals surface area contributed by atoms with Crippen molar-refractivity contribution in [3.63, 3.8) is 0 Å². The molecule has 1 aromatic heterocycles. The third-order valence-corrected chi connectivity index (χ3v) is 2.15. The highest BCUT2D eigenvalue weighted by atomic mass is 16.4. The largest absolute Gasteiger partial charge is 0.481 e. The molecule has 0 saturated carbocycles. The summed E-state index contributed by atoms with van der Waals surface area (Å²) in [5.41, 5.74) is 2.68. The molecule has 0 aliphatic heterocycles. The van der Waals surface area contributed by atoms with Crippen molar-refractivity contribution in [2.45, 2.75) is 32.8 Å². The Balaban J connectivity index is 2.64. The fourth-order valence-electron chi connectivity index (χ4n) is 1.50. The summed E-state index contributed by atoms with van der Waals surface area (Å²) in [6.07, 6.45) is -0.478. The molecule has 4 heteroatoms. The van der Waals surface area contributed by atoms with Gasteiger partial charge in [-0.15, -0.1) is 0 Å². The number of hydrogen-bond acceptors (Lipinski definition) is 2. The Labute approximate surface area is 82.6 Å². The number of rotatable bonds is 4. The van der Waals surface area contributed by atoms with Gasteiger partial charge in [-0.05, 0) is 31.9 Å². The first kappa shape index (κ1) is 10.8. The quantitative estimate of drug-likeness (QED) is 0.685. The zero-order valence-electron chi connectivity index (χ0n) is 8.37. The molecule has 0 amide bonds. The predicted octanol–water partition coefficient (Wildman–Crippen LogP) is 1.53. The van der Waals surface area contributed by atoms with E-state index in [-0.39, 0.29) is 12.8 Å². The van der Waals surface area contributed by atoms with E-state index in [4.69, 9.17) is 5.11 Å². The first-order valence-corrected chi connectivity index (χ1v) is 4.56. The molecule has 1 aromatic rings. The van der Waals surface area contributed by atoms with Crippen LogP contribution in [-0.2, 0) is 4.79 Å². The molecule has 0 radical (unpaired) electrons. The van der Waals surface area contributed by atoms with E-state index in [0.717, 1.165) is 17.0 Å². The van der Waals surface area contributed by atoms with E-state index in [1.165, 1.54) is 0 Å². The van der Waals surface area contributed by atoms with Crippen LogP contribution in [0.25, 0.3) is 0 Å². The molecule has 78 valence electrons. The monoisotopic (exact) mass is 197 g/mol. The van der Waals surface area contributed by atoms with Crippen molar-refractivity contribution < 1.29 is 15.0 Å². The molecule has 0 fully saturated rings. The fraction of sp³-hybridized carbons (Fsp3) is 0.500. The van der Waals surface area contributed by atoms with Gasteiger partial charge >= 0.3 is 5.97 Å². The molecule has 1 atom stereocenters. The zero-order chi connectivity index (χ0) is 10.7. The summed E-state index contributed by atoms with van der Waals surface area (Å²) in [4.78, 5) is 13.3. The van der Waals surface area contributed by atoms with Crippen LogP contribution in [-0.4, -0.2) is 21.2 Å². The number of aromatic amines is 1. The van der Waals surface area contributed by atoms with Crippen LogP contribution >= 0.6 is 0 Å². The standard InChI is InChI=1S/C10H15NO3/c1-6-5-7(2)11-10(6)8(12)3-4-9(13)14/h5,8,11-12H,3-4H2,1-2H3,(H,13,14). The molecule has 14 heavy (non-hydrogen) atoms. The van der Waals surface area contributed by atoms with Gasteiger partial charge in [-0.25, -0.2) is 0 Å². The zero-order valence-corrected chi connectivity index (χ0v) is 8.37. The summed E-state index contributed by atoms with van der Waals surface area (Å²) >= 11 is 0. The molecule has 0 aromatic carbocycles. The normalized spacial score (nSPS) is 12.8. The number of carboxylic acids is 1. The summed E-state index contributed by atoms with van der Waals surface area (Å²) in [6.45, 7) is 3.79. The number of aliphatic carboxylic acids is 1. The number of aliphatic hydroxyl groups excluding tert-OH is 1. The van der Waals surface area contributed by atoms with Gasteiger partial charge in [-0.2, -0.15) is 0 Å². The average molecular weight is 197 g/mol. The van der Waals surface area contributed by atoms with Crippen molar-refractivity contribution in [1.29, 1.82) is 0 Å². The summed E-state index contributed by atoms with van der Waals surface area (Å²) in [5.74, 6) is -0.884. The summed E-state index contributed by atoms with van der Waals surface area (Å²) < 4.78 is 0. The molecule has 3 N–H and O–H groups in total. The topological polar surface area (TPSA) is 73.3 Å². The number of H-pyrrole nitrogens is 1. The van der Waals surface area contributed by atoms with Crippen molar-refractivity contribution in [2.24, 2.45) is 0 Å². The Hall–Kier alpha value is -1.29. The van der Waals surface area contributed by atoms with Gasteiger partial charge in [0, 0.05) is 17.8 Å². The lowest BCUT2D eigenvalue weighted by Gasteiger charge is -2.08. The molecule has 0 saturated heterocycles. The number of aryl methyl sites for hydroxylation is 2. The smallest absolute Gasteiger partial charge is 0.303 e. The number of aliphatic hydroxyl groups is 1. The Kier molecular flexibility index (Phi) is 3.30. The van der Waals surface area contributed by atoms with Crippen LogP contribution in [0.15, 0.2) is 6.07 Å². The molecule has 0 spiro atoms. The average Bonchev–Trinajstić information content (AvgIpc) is 2.41. The van der Waals surface area contributed by atoms with Gasteiger partial charge in [0.25, 0.3) is 0 Å². The van der Waals surface area contributed by atoms with E-state index in [1.807, 2.05) is 19.9 Å². The second-order valence-electron chi connectivity index (χ2n) is 3.50.